The van der Waals surface area contributed by atoms with E-state index < -0.39 is 24.7 Å². The molecule has 3 atom stereocenters. The van der Waals surface area contributed by atoms with Crippen LogP contribution in [0.3, 0.4) is 0 Å². The van der Waals surface area contributed by atoms with Crippen molar-refractivity contribution in [3.8, 4) is 0 Å². The molecule has 0 aliphatic carbocycles. The highest BCUT2D eigenvalue weighted by Gasteiger charge is 2.45. The van der Waals surface area contributed by atoms with E-state index in [0.29, 0.717) is 19.4 Å². The lowest BCUT2D eigenvalue weighted by atomic mass is 9.75. The number of hydrogen-bond donors (Lipinski definition) is 4. The molecule has 1 heterocycles. The van der Waals surface area contributed by atoms with Gasteiger partial charge in [-0.1, -0.05) is 36.8 Å². The van der Waals surface area contributed by atoms with E-state index in [9.17, 15) is 9.59 Å². The molecule has 8 nitrogen and oxygen atoms in total. The van der Waals surface area contributed by atoms with Crippen LogP contribution in [0.15, 0.2) is 30.3 Å². The fourth-order valence-corrected chi connectivity index (χ4v) is 3.41. The SMILES string of the molecule is C[C@H](N)C(=O)N1C[C@H](CCB(O)O)C[C@](N)(C(=O)OCc2ccccc2)C1. The minimum atomic E-state index is -1.44. The third-order valence-corrected chi connectivity index (χ3v) is 4.76. The fourth-order valence-electron chi connectivity index (χ4n) is 3.41. The van der Waals surface area contributed by atoms with Gasteiger partial charge in [0.2, 0.25) is 5.91 Å². The van der Waals surface area contributed by atoms with Crippen LogP contribution in [-0.4, -0.2) is 58.6 Å². The van der Waals surface area contributed by atoms with Gasteiger partial charge in [-0.15, -0.1) is 0 Å². The first-order chi connectivity index (χ1) is 12.7. The minimum Gasteiger partial charge on any atom is -0.459 e. The number of nitrogens with zero attached hydrogens (tertiary/aromatic N) is 1. The number of amides is 1. The number of esters is 1. The lowest BCUT2D eigenvalue weighted by Gasteiger charge is -2.43. The van der Waals surface area contributed by atoms with Gasteiger partial charge in [-0.3, -0.25) is 4.79 Å². The van der Waals surface area contributed by atoms with Gasteiger partial charge < -0.3 is 31.2 Å². The van der Waals surface area contributed by atoms with Gasteiger partial charge in [-0.2, -0.15) is 0 Å². The Morgan fingerprint density at radius 2 is 2.04 bits per heavy atom. The average Bonchev–Trinajstić information content (AvgIpc) is 2.64. The Hall–Kier alpha value is -1.94. The Morgan fingerprint density at radius 1 is 1.37 bits per heavy atom. The van der Waals surface area contributed by atoms with E-state index in [1.807, 2.05) is 30.3 Å². The largest absolute Gasteiger partial charge is 0.459 e. The molecule has 0 saturated carbocycles. The van der Waals surface area contributed by atoms with Crippen molar-refractivity contribution in [2.24, 2.45) is 17.4 Å². The highest BCUT2D eigenvalue weighted by atomic mass is 16.5. The van der Waals surface area contributed by atoms with Gasteiger partial charge in [0.25, 0.3) is 0 Å². The summed E-state index contributed by atoms with van der Waals surface area (Å²) in [6, 6.07) is 8.54. The molecular formula is C18H28BN3O5. The van der Waals surface area contributed by atoms with Crippen molar-refractivity contribution in [1.29, 1.82) is 0 Å². The maximum absolute atomic E-state index is 12.7. The van der Waals surface area contributed by atoms with E-state index in [1.54, 1.807) is 6.92 Å². The van der Waals surface area contributed by atoms with Crippen molar-refractivity contribution in [3.05, 3.63) is 35.9 Å². The quantitative estimate of drug-likeness (QED) is 0.371. The van der Waals surface area contributed by atoms with Gasteiger partial charge in [-0.05, 0) is 31.1 Å². The molecule has 1 aliphatic heterocycles. The van der Waals surface area contributed by atoms with Crippen LogP contribution >= 0.6 is 0 Å². The molecule has 1 saturated heterocycles. The second kappa shape index (κ2) is 9.32. The van der Waals surface area contributed by atoms with E-state index in [2.05, 4.69) is 0 Å². The van der Waals surface area contributed by atoms with Crippen LogP contribution in [-0.2, 0) is 20.9 Å². The van der Waals surface area contributed by atoms with Crippen LogP contribution in [0.2, 0.25) is 6.32 Å². The van der Waals surface area contributed by atoms with Crippen molar-refractivity contribution in [2.45, 2.75) is 44.3 Å². The van der Waals surface area contributed by atoms with Crippen molar-refractivity contribution in [1.82, 2.24) is 4.90 Å². The first-order valence-electron chi connectivity index (χ1n) is 9.12. The van der Waals surface area contributed by atoms with E-state index in [4.69, 9.17) is 26.3 Å². The summed E-state index contributed by atoms with van der Waals surface area (Å²) < 4.78 is 5.40. The molecule has 1 aromatic carbocycles. The Bertz CT molecular complexity index is 643. The van der Waals surface area contributed by atoms with E-state index in [-0.39, 0.29) is 31.3 Å². The third-order valence-electron chi connectivity index (χ3n) is 4.76. The van der Waals surface area contributed by atoms with Crippen molar-refractivity contribution in [2.75, 3.05) is 13.1 Å². The molecule has 9 heteroatoms. The predicted molar refractivity (Wildman–Crippen MR) is 101 cm³/mol. The van der Waals surface area contributed by atoms with Crippen molar-refractivity contribution < 1.29 is 24.4 Å². The summed E-state index contributed by atoms with van der Waals surface area (Å²) in [5.74, 6) is -1.03. The van der Waals surface area contributed by atoms with Gasteiger partial charge in [-0.25, -0.2) is 4.79 Å². The zero-order chi connectivity index (χ0) is 20.0. The summed E-state index contributed by atoms with van der Waals surface area (Å²) in [6.07, 6.45) is 0.863. The van der Waals surface area contributed by atoms with Crippen LogP contribution in [0.25, 0.3) is 0 Å². The van der Waals surface area contributed by atoms with Crippen LogP contribution in [0, 0.1) is 5.92 Å². The Labute approximate surface area is 159 Å². The molecule has 0 radical (unpaired) electrons. The second-order valence-electron chi connectivity index (χ2n) is 7.35. The predicted octanol–water partition coefficient (Wildman–Crippen LogP) is -0.514. The number of carbonyl (C=O) groups excluding carboxylic acids is 2. The zero-order valence-electron chi connectivity index (χ0n) is 15.6. The van der Waals surface area contributed by atoms with Gasteiger partial charge in [0.1, 0.15) is 12.1 Å². The molecule has 1 aliphatic rings. The maximum Gasteiger partial charge on any atom is 0.451 e. The molecule has 1 fully saturated rings. The molecule has 27 heavy (non-hydrogen) atoms. The summed E-state index contributed by atoms with van der Waals surface area (Å²) in [7, 11) is -1.44. The van der Waals surface area contributed by atoms with Gasteiger partial charge in [0.05, 0.1) is 6.04 Å². The lowest BCUT2D eigenvalue weighted by molar-refractivity contribution is -0.156. The molecule has 1 aromatic rings. The van der Waals surface area contributed by atoms with Gasteiger partial charge in [0, 0.05) is 13.1 Å². The normalized spacial score (nSPS) is 23.6. The van der Waals surface area contributed by atoms with E-state index in [0.717, 1.165) is 5.56 Å². The molecule has 2 rings (SSSR count). The van der Waals surface area contributed by atoms with Crippen molar-refractivity contribution >= 4 is 19.0 Å². The number of likely N-dealkylation sites (tertiary alicyclic amines) is 1. The van der Waals surface area contributed by atoms with Crippen LogP contribution in [0.4, 0.5) is 0 Å². The first-order valence-corrected chi connectivity index (χ1v) is 9.12. The van der Waals surface area contributed by atoms with Crippen LogP contribution in [0.1, 0.15) is 25.3 Å². The maximum atomic E-state index is 12.7. The van der Waals surface area contributed by atoms with Crippen LogP contribution < -0.4 is 11.5 Å². The highest BCUT2D eigenvalue weighted by molar-refractivity contribution is 6.40. The lowest BCUT2D eigenvalue weighted by Crippen LogP contribution is -2.64. The molecule has 0 bridgehead atoms. The van der Waals surface area contributed by atoms with Crippen molar-refractivity contribution in [3.63, 3.8) is 0 Å². The number of nitrogens with two attached hydrogens (primary N) is 2. The van der Waals surface area contributed by atoms with Gasteiger partial charge in [0.15, 0.2) is 0 Å². The zero-order valence-corrected chi connectivity index (χ0v) is 15.6. The van der Waals surface area contributed by atoms with Crippen LogP contribution in [0.5, 0.6) is 0 Å². The smallest absolute Gasteiger partial charge is 0.451 e. The number of hydrogen-bond acceptors (Lipinski definition) is 7. The second-order valence-corrected chi connectivity index (χ2v) is 7.35. The number of benzene rings is 1. The summed E-state index contributed by atoms with van der Waals surface area (Å²) in [5.41, 5.74) is 11.5. The van der Waals surface area contributed by atoms with E-state index in [1.165, 1.54) is 4.90 Å². The molecular weight excluding hydrogens is 349 g/mol. The highest BCUT2D eigenvalue weighted by Crippen LogP contribution is 2.29. The number of ether oxygens (including phenoxy) is 1. The van der Waals surface area contributed by atoms with E-state index >= 15 is 0 Å². The summed E-state index contributed by atoms with van der Waals surface area (Å²) >= 11 is 0. The monoisotopic (exact) mass is 377 g/mol. The molecule has 0 aromatic heterocycles. The fraction of sp³-hybridized carbons (Fsp3) is 0.556. The standard InChI is InChI=1S/C18H28BN3O5/c1-13(20)16(23)22-10-15(7-8-19(25)26)9-18(21,12-22)17(24)27-11-14-5-3-2-4-6-14/h2-6,13,15,25-26H,7-12,20-21H2,1H3/t13-,15+,18+/m0/s1. The molecule has 1 amide bonds. The molecule has 148 valence electrons. The molecule has 0 spiro atoms. The summed E-state index contributed by atoms with van der Waals surface area (Å²) in [6.45, 7) is 2.08. The Morgan fingerprint density at radius 3 is 2.63 bits per heavy atom. The number of piperidine rings is 1. The summed E-state index contributed by atoms with van der Waals surface area (Å²) in [4.78, 5) is 26.5. The summed E-state index contributed by atoms with van der Waals surface area (Å²) in [5, 5.41) is 18.3. The minimum absolute atomic E-state index is 0.0270. The van der Waals surface area contributed by atoms with Gasteiger partial charge >= 0.3 is 13.1 Å². The Kier molecular flexibility index (Phi) is 7.37. The Balaban J connectivity index is 2.09. The molecule has 6 N–H and O–H groups in total. The third kappa shape index (κ3) is 6.03. The number of carbonyl (C=O) groups is 2. The topological polar surface area (TPSA) is 139 Å². The first kappa shape index (κ1) is 21.4. The average molecular weight is 377 g/mol. The molecule has 0 unspecified atom stereocenters. The number of rotatable bonds is 7.